The number of thioether (sulfide) groups is 2. The molecule has 3 unspecified atom stereocenters. The lowest BCUT2D eigenvalue weighted by molar-refractivity contribution is 0.591. The molecule has 0 spiro atoms. The summed E-state index contributed by atoms with van der Waals surface area (Å²) in [6.45, 7) is 2.24. The molecule has 90 valence electrons. The van der Waals surface area contributed by atoms with Gasteiger partial charge in [0.25, 0.3) is 0 Å². The van der Waals surface area contributed by atoms with Crippen LogP contribution >= 0.6 is 35.1 Å². The minimum atomic E-state index is -0.0344. The van der Waals surface area contributed by atoms with Crippen molar-refractivity contribution >= 4 is 35.1 Å². The van der Waals surface area contributed by atoms with Crippen LogP contribution in [0.5, 0.6) is 0 Å². The minimum Gasteiger partial charge on any atom is -0.322 e. The number of nitrogens with zero attached hydrogens (tertiary/aromatic N) is 2. The standard InChI is InChI=1S/C10H16ClN3S2/c1-6-10(16-4-3-15-6)8(12)9-7(11)5-13-14(9)2/h5-6,8,10H,3-4,12H2,1-2H3. The molecule has 1 aliphatic heterocycles. The Kier molecular flexibility index (Phi) is 4.11. The molecule has 6 heteroatoms. The van der Waals surface area contributed by atoms with Gasteiger partial charge in [-0.1, -0.05) is 18.5 Å². The van der Waals surface area contributed by atoms with Crippen molar-refractivity contribution in [3.8, 4) is 0 Å². The third-order valence-electron chi connectivity index (χ3n) is 2.84. The average molecular weight is 278 g/mol. The van der Waals surface area contributed by atoms with Gasteiger partial charge < -0.3 is 5.73 Å². The summed E-state index contributed by atoms with van der Waals surface area (Å²) in [5, 5.41) is 5.82. The second-order valence-corrected chi connectivity index (χ2v) is 7.12. The van der Waals surface area contributed by atoms with E-state index in [1.807, 2.05) is 30.6 Å². The highest BCUT2D eigenvalue weighted by atomic mass is 35.5. The van der Waals surface area contributed by atoms with Crippen molar-refractivity contribution in [3.05, 3.63) is 16.9 Å². The van der Waals surface area contributed by atoms with Gasteiger partial charge in [-0.2, -0.15) is 28.6 Å². The molecule has 0 saturated carbocycles. The molecule has 0 bridgehead atoms. The fourth-order valence-corrected chi connectivity index (χ4v) is 5.14. The highest BCUT2D eigenvalue weighted by molar-refractivity contribution is 8.07. The summed E-state index contributed by atoms with van der Waals surface area (Å²) in [4.78, 5) is 0. The van der Waals surface area contributed by atoms with Crippen LogP contribution in [0.2, 0.25) is 5.02 Å². The molecular weight excluding hydrogens is 262 g/mol. The van der Waals surface area contributed by atoms with Gasteiger partial charge in [-0.05, 0) is 0 Å². The second-order valence-electron chi connectivity index (χ2n) is 3.94. The van der Waals surface area contributed by atoms with Crippen LogP contribution in [0.25, 0.3) is 0 Å². The van der Waals surface area contributed by atoms with Crippen molar-refractivity contribution in [3.63, 3.8) is 0 Å². The Morgan fingerprint density at radius 2 is 2.25 bits per heavy atom. The number of nitrogens with two attached hydrogens (primary N) is 1. The summed E-state index contributed by atoms with van der Waals surface area (Å²) < 4.78 is 1.79. The zero-order valence-corrected chi connectivity index (χ0v) is 11.8. The van der Waals surface area contributed by atoms with E-state index in [0.29, 0.717) is 15.5 Å². The number of aryl methyl sites for hydroxylation is 1. The van der Waals surface area contributed by atoms with Crippen LogP contribution < -0.4 is 5.73 Å². The fraction of sp³-hybridized carbons (Fsp3) is 0.700. The van der Waals surface area contributed by atoms with E-state index in [1.54, 1.807) is 10.9 Å². The fourth-order valence-electron chi connectivity index (χ4n) is 1.99. The monoisotopic (exact) mass is 277 g/mol. The van der Waals surface area contributed by atoms with Crippen molar-refractivity contribution in [2.24, 2.45) is 12.8 Å². The maximum Gasteiger partial charge on any atom is 0.0834 e. The first kappa shape index (κ1) is 12.6. The van der Waals surface area contributed by atoms with Crippen LogP contribution in [0, 0.1) is 0 Å². The first-order valence-electron chi connectivity index (χ1n) is 5.27. The van der Waals surface area contributed by atoms with E-state index in [4.69, 9.17) is 17.3 Å². The normalized spacial score (nSPS) is 28.0. The quantitative estimate of drug-likeness (QED) is 0.901. The molecular formula is C10H16ClN3S2. The average Bonchev–Trinajstić information content (AvgIpc) is 2.58. The lowest BCUT2D eigenvalue weighted by atomic mass is 10.1. The van der Waals surface area contributed by atoms with Crippen molar-refractivity contribution in [2.75, 3.05) is 11.5 Å². The predicted molar refractivity (Wildman–Crippen MR) is 73.3 cm³/mol. The molecule has 1 aromatic rings. The summed E-state index contributed by atoms with van der Waals surface area (Å²) in [6.07, 6.45) is 1.67. The predicted octanol–water partition coefficient (Wildman–Crippen LogP) is 2.31. The lowest BCUT2D eigenvalue weighted by Gasteiger charge is -2.32. The smallest absolute Gasteiger partial charge is 0.0834 e. The minimum absolute atomic E-state index is 0.0344. The number of halogens is 1. The number of rotatable bonds is 2. The van der Waals surface area contributed by atoms with Crippen LogP contribution in [-0.2, 0) is 7.05 Å². The van der Waals surface area contributed by atoms with Gasteiger partial charge in [0.2, 0.25) is 0 Å². The molecule has 1 saturated heterocycles. The Morgan fingerprint density at radius 1 is 1.56 bits per heavy atom. The Morgan fingerprint density at radius 3 is 2.81 bits per heavy atom. The Hall–Kier alpha value is 0.160. The summed E-state index contributed by atoms with van der Waals surface area (Å²) in [5.41, 5.74) is 7.28. The van der Waals surface area contributed by atoms with Crippen molar-refractivity contribution < 1.29 is 0 Å². The SMILES string of the molecule is CC1SCCSC1C(N)c1c(Cl)cnn1C. The van der Waals surface area contributed by atoms with Crippen LogP contribution in [-0.4, -0.2) is 31.8 Å². The lowest BCUT2D eigenvalue weighted by Crippen LogP contribution is -2.35. The van der Waals surface area contributed by atoms with Gasteiger partial charge in [-0.15, -0.1) is 0 Å². The zero-order chi connectivity index (χ0) is 11.7. The van der Waals surface area contributed by atoms with Crippen LogP contribution in [0.15, 0.2) is 6.20 Å². The van der Waals surface area contributed by atoms with Gasteiger partial charge in [-0.3, -0.25) is 4.68 Å². The Bertz CT molecular complexity index is 349. The first-order chi connectivity index (χ1) is 7.61. The van der Waals surface area contributed by atoms with E-state index in [-0.39, 0.29) is 6.04 Å². The van der Waals surface area contributed by atoms with E-state index >= 15 is 0 Å². The Balaban J connectivity index is 2.20. The molecule has 16 heavy (non-hydrogen) atoms. The molecule has 0 radical (unpaired) electrons. The van der Waals surface area contributed by atoms with Gasteiger partial charge in [0.1, 0.15) is 0 Å². The van der Waals surface area contributed by atoms with Crippen LogP contribution in [0.1, 0.15) is 18.7 Å². The summed E-state index contributed by atoms with van der Waals surface area (Å²) in [5.74, 6) is 2.39. The molecule has 2 rings (SSSR count). The molecule has 0 aliphatic carbocycles. The summed E-state index contributed by atoms with van der Waals surface area (Å²) >= 11 is 10.1. The zero-order valence-electron chi connectivity index (χ0n) is 9.39. The summed E-state index contributed by atoms with van der Waals surface area (Å²) in [6, 6.07) is -0.0344. The first-order valence-corrected chi connectivity index (χ1v) is 7.75. The second kappa shape index (κ2) is 5.21. The number of hydrogen-bond donors (Lipinski definition) is 1. The molecule has 0 amide bonds. The maximum atomic E-state index is 6.33. The Labute approximate surface area is 109 Å². The van der Waals surface area contributed by atoms with Gasteiger partial charge in [-0.25, -0.2) is 0 Å². The molecule has 2 N–H and O–H groups in total. The highest BCUT2D eigenvalue weighted by Crippen LogP contribution is 2.38. The van der Waals surface area contributed by atoms with Crippen molar-refractivity contribution in [1.29, 1.82) is 0 Å². The van der Waals surface area contributed by atoms with Crippen LogP contribution in [0.3, 0.4) is 0 Å². The molecule has 3 atom stereocenters. The van der Waals surface area contributed by atoms with E-state index in [1.165, 1.54) is 11.5 Å². The molecule has 1 aromatic heterocycles. The topological polar surface area (TPSA) is 43.8 Å². The van der Waals surface area contributed by atoms with Crippen molar-refractivity contribution in [2.45, 2.75) is 23.5 Å². The van der Waals surface area contributed by atoms with E-state index in [2.05, 4.69) is 12.0 Å². The molecule has 0 aromatic carbocycles. The van der Waals surface area contributed by atoms with E-state index in [0.717, 1.165) is 5.69 Å². The largest absolute Gasteiger partial charge is 0.322 e. The third kappa shape index (κ3) is 2.37. The number of aromatic nitrogens is 2. The van der Waals surface area contributed by atoms with E-state index in [9.17, 15) is 0 Å². The summed E-state index contributed by atoms with van der Waals surface area (Å²) in [7, 11) is 1.90. The molecule has 3 nitrogen and oxygen atoms in total. The maximum absolute atomic E-state index is 6.33. The van der Waals surface area contributed by atoms with Gasteiger partial charge in [0, 0.05) is 29.1 Å². The van der Waals surface area contributed by atoms with Gasteiger partial charge >= 0.3 is 0 Å². The molecule has 1 fully saturated rings. The third-order valence-corrected chi connectivity index (χ3v) is 6.35. The number of hydrogen-bond acceptors (Lipinski definition) is 4. The van der Waals surface area contributed by atoms with E-state index < -0.39 is 0 Å². The highest BCUT2D eigenvalue weighted by Gasteiger charge is 2.31. The van der Waals surface area contributed by atoms with Gasteiger partial charge in [0.05, 0.1) is 23.0 Å². The van der Waals surface area contributed by atoms with Crippen molar-refractivity contribution in [1.82, 2.24) is 9.78 Å². The van der Waals surface area contributed by atoms with Gasteiger partial charge in [0.15, 0.2) is 0 Å². The molecule has 2 heterocycles. The molecule has 1 aliphatic rings. The van der Waals surface area contributed by atoms with Crippen LogP contribution in [0.4, 0.5) is 0 Å².